The maximum absolute atomic E-state index is 12.5. The summed E-state index contributed by atoms with van der Waals surface area (Å²) in [4.78, 5) is 12.5. The van der Waals surface area contributed by atoms with Gasteiger partial charge in [-0.05, 0) is 41.8 Å². The molecule has 156 valence electrons. The van der Waals surface area contributed by atoms with Crippen LogP contribution in [0.2, 0.25) is 0 Å². The Morgan fingerprint density at radius 3 is 2.35 bits per heavy atom. The molecular weight excluding hydrogens is 404 g/mol. The molecule has 5 nitrogen and oxygen atoms in total. The molecule has 0 aliphatic rings. The first-order chi connectivity index (χ1) is 15.2. The Morgan fingerprint density at radius 1 is 0.903 bits per heavy atom. The molecule has 0 aliphatic heterocycles. The van der Waals surface area contributed by atoms with E-state index >= 15 is 0 Å². The molecule has 3 aromatic carbocycles. The Hall–Kier alpha value is -3.38. The number of rotatable bonds is 8. The highest BCUT2D eigenvalue weighted by Gasteiger charge is 2.16. The molecule has 1 N–H and O–H groups in total. The first kappa shape index (κ1) is 20.9. The van der Waals surface area contributed by atoms with Crippen LogP contribution in [-0.4, -0.2) is 26.4 Å². The van der Waals surface area contributed by atoms with Crippen LogP contribution in [0.1, 0.15) is 23.9 Å². The van der Waals surface area contributed by atoms with Gasteiger partial charge in [-0.25, -0.2) is 0 Å². The van der Waals surface area contributed by atoms with Gasteiger partial charge in [0.2, 0.25) is 5.91 Å². The fourth-order valence-electron chi connectivity index (χ4n) is 3.32. The number of para-hydroxylation sites is 1. The number of carbonyl (C=O) groups excluding carboxylic acids is 1. The van der Waals surface area contributed by atoms with Crippen molar-refractivity contribution in [1.29, 1.82) is 0 Å². The van der Waals surface area contributed by atoms with Crippen LogP contribution in [-0.2, 0) is 17.6 Å². The molecule has 4 rings (SSSR count). The number of nitrogens with one attached hydrogen (secondary N) is 1. The van der Waals surface area contributed by atoms with Gasteiger partial charge in [0.25, 0.3) is 0 Å². The quantitative estimate of drug-likeness (QED) is 0.394. The Balaban J connectivity index is 1.51. The number of carbonyl (C=O) groups is 1. The van der Waals surface area contributed by atoms with Crippen molar-refractivity contribution in [1.82, 2.24) is 14.8 Å². The topological polar surface area (TPSA) is 59.8 Å². The number of aryl methyl sites for hydroxylation is 1. The second-order valence-corrected chi connectivity index (χ2v) is 8.07. The zero-order valence-corrected chi connectivity index (χ0v) is 18.2. The van der Waals surface area contributed by atoms with Gasteiger partial charge in [-0.15, -0.1) is 10.2 Å². The second-order valence-electron chi connectivity index (χ2n) is 7.12. The van der Waals surface area contributed by atoms with Gasteiger partial charge in [-0.2, -0.15) is 0 Å². The van der Waals surface area contributed by atoms with Crippen LogP contribution in [0, 0.1) is 0 Å². The smallest absolute Gasteiger partial charge is 0.234 e. The molecule has 4 aromatic rings. The zero-order valence-electron chi connectivity index (χ0n) is 17.4. The SMILES string of the molecule is CCc1cccc(NC(=O)CSc2nnc(Cc3ccccc3)n2-c2ccccc2)c1. The first-order valence-corrected chi connectivity index (χ1v) is 11.3. The van der Waals surface area contributed by atoms with E-state index in [0.29, 0.717) is 11.6 Å². The van der Waals surface area contributed by atoms with Crippen molar-refractivity contribution in [2.45, 2.75) is 24.9 Å². The Kier molecular flexibility index (Phi) is 6.79. The average molecular weight is 429 g/mol. The van der Waals surface area contributed by atoms with Crippen LogP contribution in [0.4, 0.5) is 5.69 Å². The van der Waals surface area contributed by atoms with Crippen molar-refractivity contribution in [3.8, 4) is 5.69 Å². The summed E-state index contributed by atoms with van der Waals surface area (Å²) in [5.74, 6) is 1.04. The van der Waals surface area contributed by atoms with E-state index in [4.69, 9.17) is 0 Å². The van der Waals surface area contributed by atoms with Crippen molar-refractivity contribution in [3.05, 3.63) is 102 Å². The minimum Gasteiger partial charge on any atom is -0.325 e. The normalized spacial score (nSPS) is 10.7. The van der Waals surface area contributed by atoms with E-state index in [9.17, 15) is 4.79 Å². The lowest BCUT2D eigenvalue weighted by Gasteiger charge is -2.11. The van der Waals surface area contributed by atoms with Crippen molar-refractivity contribution in [2.75, 3.05) is 11.1 Å². The lowest BCUT2D eigenvalue weighted by Crippen LogP contribution is -2.14. The summed E-state index contributed by atoms with van der Waals surface area (Å²) < 4.78 is 2.03. The maximum Gasteiger partial charge on any atom is 0.234 e. The maximum atomic E-state index is 12.5. The van der Waals surface area contributed by atoms with Crippen molar-refractivity contribution < 1.29 is 4.79 Å². The van der Waals surface area contributed by atoms with Gasteiger partial charge < -0.3 is 5.32 Å². The van der Waals surface area contributed by atoms with Crippen LogP contribution in [0.25, 0.3) is 5.69 Å². The molecule has 0 fully saturated rings. The van der Waals surface area contributed by atoms with Crippen LogP contribution < -0.4 is 5.32 Å². The molecule has 1 amide bonds. The number of hydrogen-bond donors (Lipinski definition) is 1. The molecule has 0 radical (unpaired) electrons. The highest BCUT2D eigenvalue weighted by atomic mass is 32.2. The molecule has 0 atom stereocenters. The number of hydrogen-bond acceptors (Lipinski definition) is 4. The number of anilines is 1. The Labute approximate surface area is 186 Å². The van der Waals surface area contributed by atoms with E-state index in [1.807, 2.05) is 71.3 Å². The number of amides is 1. The van der Waals surface area contributed by atoms with Crippen LogP contribution >= 0.6 is 11.8 Å². The van der Waals surface area contributed by atoms with Crippen LogP contribution in [0.15, 0.2) is 90.1 Å². The third-order valence-electron chi connectivity index (χ3n) is 4.87. The van der Waals surface area contributed by atoms with Gasteiger partial charge in [-0.1, -0.05) is 79.3 Å². The number of nitrogens with zero attached hydrogens (tertiary/aromatic N) is 3. The second kappa shape index (κ2) is 10.1. The predicted octanol–water partition coefficient (Wildman–Crippen LogP) is 5.15. The third-order valence-corrected chi connectivity index (χ3v) is 5.80. The first-order valence-electron chi connectivity index (χ1n) is 10.3. The lowest BCUT2D eigenvalue weighted by molar-refractivity contribution is -0.113. The molecule has 31 heavy (non-hydrogen) atoms. The average Bonchev–Trinajstić information content (AvgIpc) is 3.21. The largest absolute Gasteiger partial charge is 0.325 e. The number of thioether (sulfide) groups is 1. The van der Waals surface area contributed by atoms with E-state index in [1.165, 1.54) is 17.3 Å². The minimum atomic E-state index is -0.0644. The van der Waals surface area contributed by atoms with E-state index in [-0.39, 0.29) is 11.7 Å². The van der Waals surface area contributed by atoms with Gasteiger partial charge in [-0.3, -0.25) is 9.36 Å². The molecule has 1 heterocycles. The minimum absolute atomic E-state index is 0.0644. The van der Waals surface area contributed by atoms with Gasteiger partial charge in [0, 0.05) is 17.8 Å². The van der Waals surface area contributed by atoms with E-state index in [2.05, 4.69) is 40.6 Å². The van der Waals surface area contributed by atoms with E-state index in [1.54, 1.807) is 0 Å². The van der Waals surface area contributed by atoms with Gasteiger partial charge in [0.05, 0.1) is 5.75 Å². The molecule has 0 saturated carbocycles. The van der Waals surface area contributed by atoms with Gasteiger partial charge in [0.1, 0.15) is 5.82 Å². The predicted molar refractivity (Wildman–Crippen MR) is 126 cm³/mol. The number of benzene rings is 3. The van der Waals surface area contributed by atoms with Crippen molar-refractivity contribution >= 4 is 23.4 Å². The Morgan fingerprint density at radius 2 is 1.61 bits per heavy atom. The summed E-state index contributed by atoms with van der Waals surface area (Å²) in [6, 6.07) is 28.1. The summed E-state index contributed by atoms with van der Waals surface area (Å²) in [6.45, 7) is 2.10. The molecule has 0 spiro atoms. The van der Waals surface area contributed by atoms with Gasteiger partial charge in [0.15, 0.2) is 5.16 Å². The molecule has 6 heteroatoms. The fraction of sp³-hybridized carbons (Fsp3) is 0.160. The fourth-order valence-corrected chi connectivity index (χ4v) is 4.09. The molecule has 0 bridgehead atoms. The van der Waals surface area contributed by atoms with E-state index < -0.39 is 0 Å². The van der Waals surface area contributed by atoms with Gasteiger partial charge >= 0.3 is 0 Å². The Bertz CT molecular complexity index is 1140. The summed E-state index contributed by atoms with van der Waals surface area (Å²) in [5.41, 5.74) is 4.16. The zero-order chi connectivity index (χ0) is 21.5. The van der Waals surface area contributed by atoms with Crippen molar-refractivity contribution in [3.63, 3.8) is 0 Å². The summed E-state index contributed by atoms with van der Waals surface area (Å²) in [5, 5.41) is 12.5. The lowest BCUT2D eigenvalue weighted by atomic mass is 10.1. The molecule has 1 aromatic heterocycles. The summed E-state index contributed by atoms with van der Waals surface area (Å²) in [6.07, 6.45) is 1.60. The summed E-state index contributed by atoms with van der Waals surface area (Å²) >= 11 is 1.39. The third kappa shape index (κ3) is 5.41. The van der Waals surface area contributed by atoms with Crippen LogP contribution in [0.5, 0.6) is 0 Å². The molecule has 0 saturated heterocycles. The van der Waals surface area contributed by atoms with Crippen LogP contribution in [0.3, 0.4) is 0 Å². The van der Waals surface area contributed by atoms with Crippen molar-refractivity contribution in [2.24, 2.45) is 0 Å². The van der Waals surface area contributed by atoms with E-state index in [0.717, 1.165) is 29.2 Å². The monoisotopic (exact) mass is 428 g/mol. The highest BCUT2D eigenvalue weighted by Crippen LogP contribution is 2.24. The molecule has 0 unspecified atom stereocenters. The standard InChI is InChI=1S/C25H24N4OS/c1-2-19-12-9-13-21(16-19)26-24(30)18-31-25-28-27-23(17-20-10-5-3-6-11-20)29(25)22-14-7-4-8-15-22/h3-16H,2,17-18H2,1H3,(H,26,30). The molecular formula is C25H24N4OS. The highest BCUT2D eigenvalue weighted by molar-refractivity contribution is 7.99. The summed E-state index contributed by atoms with van der Waals surface area (Å²) in [7, 11) is 0. The number of aromatic nitrogens is 3. The molecule has 0 aliphatic carbocycles.